The normalized spacial score (nSPS) is 24.5. The number of amides is 1. The topological polar surface area (TPSA) is 276 Å². The van der Waals surface area contributed by atoms with E-state index in [1.165, 1.54) is 31.0 Å². The van der Waals surface area contributed by atoms with Gasteiger partial charge in [-0.1, -0.05) is 96.5 Å². The lowest BCUT2D eigenvalue weighted by Gasteiger charge is -2.37. The summed E-state index contributed by atoms with van der Waals surface area (Å²) < 4.78 is 95.8. The maximum atomic E-state index is 16.2. The molecule has 5 aromatic carbocycles. The molecule has 0 bridgehead atoms. The first-order valence-electron chi connectivity index (χ1n) is 28.1. The van der Waals surface area contributed by atoms with E-state index in [1.807, 2.05) is 78.9 Å². The third kappa shape index (κ3) is 12.7. The molecule has 8 aromatic rings. The predicted molar refractivity (Wildman–Crippen MR) is 311 cm³/mol. The molecule has 3 aromatic heterocycles. The van der Waals surface area contributed by atoms with Crippen LogP contribution in [0.2, 0.25) is 5.02 Å². The Bertz CT molecular complexity index is 3770. The number of nitrogens with one attached hydrogen (secondary N) is 2. The molecular formula is C61H61ClN7O17P. The summed E-state index contributed by atoms with van der Waals surface area (Å²) in [6, 6.07) is 40.4. The number of halogens is 1. The van der Waals surface area contributed by atoms with Crippen LogP contribution in [-0.2, 0) is 52.4 Å². The maximum absolute atomic E-state index is 16.2. The fourth-order valence-corrected chi connectivity index (χ4v) is 12.7. The number of hydrogen-bond donors (Lipinski definition) is 3. The fourth-order valence-electron chi connectivity index (χ4n) is 11.1. The van der Waals surface area contributed by atoms with E-state index in [4.69, 9.17) is 72.8 Å². The van der Waals surface area contributed by atoms with Crippen molar-refractivity contribution in [3.8, 4) is 17.2 Å². The number of carbonyl (C=O) groups excluding carboxylic acids is 1. The quantitative estimate of drug-likeness (QED) is 0.0403. The monoisotopic (exact) mass is 1230 g/mol. The Morgan fingerprint density at radius 3 is 1.97 bits per heavy atom. The molecule has 11 atom stereocenters. The standard InChI is InChI=1S/C61H61ClN7O17P/c1-75-41-25-21-39(22-26-41)61(38-15-7-4-8-16-38,40-23-27-42(76-2)28-24-40)79-33-46-52(54(84-49-20-12-32-78-49)59(82-46)69-36-65-50-55(63-35-64-56(50)69)67-57(72)37-13-5-3-6-14-37)86-87(74,85-44-18-10-9-17-43(44)62)80-34-45-51(71)53(83-48-19-11-31-77-48)58(81-45)68-30-29-47(70)66-60(68)73/h3-10,13-18,21-30,35-36,45-46,48-49,51-54,58-59,71H,11-12,19-20,31-34H2,1-2H3,(H,66,70,73)(H,63,64,67,72)/t45-,46-,48?,49?,51-,52-,53-,54-,58-,59-,87?/m1/s1. The summed E-state index contributed by atoms with van der Waals surface area (Å²) in [6.07, 6.45) is -6.40. The van der Waals surface area contributed by atoms with Gasteiger partial charge in [-0.15, -0.1) is 0 Å². The number of H-pyrrole nitrogens is 1. The van der Waals surface area contributed by atoms with Crippen molar-refractivity contribution in [1.82, 2.24) is 29.1 Å². The minimum absolute atomic E-state index is 0.0311. The third-order valence-electron chi connectivity index (χ3n) is 15.4. The SMILES string of the molecule is COc1ccc(C(OC[C@H]2O[C@@H](n3cnc4c(NC(=O)c5ccccc5)ncnc43)[C@H](OC3CCCO3)[C@@H]2OP(=O)(OC[C@H]2O[C@@H](n3ccc(=O)[nH]c3=O)[C@H](OC3CCCO3)[C@@H]2O)Oc2ccccc2Cl)(c2ccccc2)c2ccc(OC)cc2)cc1. The summed E-state index contributed by atoms with van der Waals surface area (Å²) in [6.45, 7) is -0.312. The largest absolute Gasteiger partial charge is 0.530 e. The van der Waals surface area contributed by atoms with Crippen LogP contribution in [0.1, 0.15) is 65.2 Å². The molecule has 4 aliphatic rings. The van der Waals surface area contributed by atoms with Crippen molar-refractivity contribution in [3.63, 3.8) is 0 Å². The predicted octanol–water partition coefficient (Wildman–Crippen LogP) is 8.10. The number of anilines is 1. The second kappa shape index (κ2) is 26.3. The number of aliphatic hydroxyl groups is 1. The number of hydrogen-bond acceptors (Lipinski definition) is 20. The van der Waals surface area contributed by atoms with E-state index in [9.17, 15) is 19.5 Å². The third-order valence-corrected chi connectivity index (χ3v) is 17.0. The number of para-hydroxylation sites is 1. The molecule has 12 rings (SSSR count). The van der Waals surface area contributed by atoms with Crippen molar-refractivity contribution in [1.29, 1.82) is 0 Å². The molecular weight excluding hydrogens is 1170 g/mol. The summed E-state index contributed by atoms with van der Waals surface area (Å²) in [5, 5.41) is 15.0. The lowest BCUT2D eigenvalue weighted by atomic mass is 9.80. The Kier molecular flexibility index (Phi) is 18.1. The Hall–Kier alpha value is -7.68. The number of imidazole rings is 1. The molecule has 26 heteroatoms. The van der Waals surface area contributed by atoms with Crippen molar-refractivity contribution in [2.45, 2.75) is 92.9 Å². The molecule has 0 aliphatic carbocycles. The zero-order valence-corrected chi connectivity index (χ0v) is 48.6. The van der Waals surface area contributed by atoms with Gasteiger partial charge >= 0.3 is 13.5 Å². The van der Waals surface area contributed by atoms with Gasteiger partial charge in [-0.05, 0) is 78.1 Å². The van der Waals surface area contributed by atoms with Crippen molar-refractivity contribution in [2.24, 2.45) is 0 Å². The van der Waals surface area contributed by atoms with E-state index in [1.54, 1.807) is 61.3 Å². The second-order valence-corrected chi connectivity index (χ2v) is 22.7. The zero-order chi connectivity index (χ0) is 60.1. The zero-order valence-electron chi connectivity index (χ0n) is 47.0. The number of benzene rings is 5. The van der Waals surface area contributed by atoms with E-state index >= 15 is 4.57 Å². The highest BCUT2D eigenvalue weighted by molar-refractivity contribution is 7.49. The molecule has 87 heavy (non-hydrogen) atoms. The Balaban J connectivity index is 0.966. The number of fused-ring (bicyclic) bond motifs is 1. The molecule has 1 amide bonds. The van der Waals surface area contributed by atoms with Gasteiger partial charge in [-0.25, -0.2) is 24.3 Å². The minimum atomic E-state index is -5.17. The van der Waals surface area contributed by atoms with Crippen LogP contribution in [-0.4, -0.2) is 130 Å². The number of nitrogens with zero attached hydrogens (tertiary/aromatic N) is 5. The average Bonchev–Trinajstić information content (AvgIpc) is 1.96. The lowest BCUT2D eigenvalue weighted by molar-refractivity contribution is -0.182. The molecule has 24 nitrogen and oxygen atoms in total. The number of aromatic amines is 1. The average molecular weight is 1230 g/mol. The van der Waals surface area contributed by atoms with E-state index in [-0.39, 0.29) is 34.4 Å². The van der Waals surface area contributed by atoms with Gasteiger partial charge in [0.2, 0.25) is 0 Å². The number of methoxy groups -OCH3 is 2. The van der Waals surface area contributed by atoms with Gasteiger partial charge in [0, 0.05) is 43.9 Å². The number of ether oxygens (including phenoxy) is 9. The molecule has 4 fully saturated rings. The summed E-state index contributed by atoms with van der Waals surface area (Å²) in [5.74, 6) is 0.725. The van der Waals surface area contributed by atoms with Crippen LogP contribution in [0.15, 0.2) is 168 Å². The van der Waals surface area contributed by atoms with Gasteiger partial charge in [0.25, 0.3) is 11.5 Å². The van der Waals surface area contributed by atoms with Crippen LogP contribution < -0.4 is 30.6 Å². The van der Waals surface area contributed by atoms with Crippen molar-refractivity contribution in [2.75, 3.05) is 46.0 Å². The number of phosphoric acid groups is 1. The van der Waals surface area contributed by atoms with Gasteiger partial charge in [-0.2, -0.15) is 0 Å². The van der Waals surface area contributed by atoms with E-state index < -0.39 is 98.8 Å². The molecule has 3 N–H and O–H groups in total. The van der Waals surface area contributed by atoms with E-state index in [0.29, 0.717) is 72.6 Å². The number of carbonyl (C=O) groups is 1. The number of rotatable bonds is 23. The Morgan fingerprint density at radius 2 is 1.33 bits per heavy atom. The van der Waals surface area contributed by atoms with Gasteiger partial charge in [0.1, 0.15) is 65.8 Å². The molecule has 0 saturated carbocycles. The van der Waals surface area contributed by atoms with E-state index in [2.05, 4.69) is 20.3 Å². The second-order valence-electron chi connectivity index (χ2n) is 20.7. The summed E-state index contributed by atoms with van der Waals surface area (Å²) in [5.41, 5.74) is -0.120. The first kappa shape index (κ1) is 59.6. The molecule has 4 aliphatic heterocycles. The highest BCUT2D eigenvalue weighted by Crippen LogP contribution is 2.56. The van der Waals surface area contributed by atoms with Gasteiger partial charge in [-0.3, -0.25) is 32.8 Å². The Morgan fingerprint density at radius 1 is 0.724 bits per heavy atom. The van der Waals surface area contributed by atoms with Crippen molar-refractivity contribution in [3.05, 3.63) is 206 Å². The van der Waals surface area contributed by atoms with Crippen LogP contribution in [0.5, 0.6) is 17.2 Å². The maximum Gasteiger partial charge on any atom is 0.530 e. The molecule has 0 spiro atoms. The first-order chi connectivity index (χ1) is 42.4. The number of phosphoric ester groups is 1. The molecule has 7 heterocycles. The molecule has 454 valence electrons. The fraction of sp³-hybridized carbons (Fsp3) is 0.344. The minimum Gasteiger partial charge on any atom is -0.497 e. The summed E-state index contributed by atoms with van der Waals surface area (Å²) in [7, 11) is -2.02. The summed E-state index contributed by atoms with van der Waals surface area (Å²) >= 11 is 6.76. The van der Waals surface area contributed by atoms with Crippen LogP contribution in [0.25, 0.3) is 11.2 Å². The van der Waals surface area contributed by atoms with Crippen molar-refractivity contribution < 1.29 is 70.7 Å². The van der Waals surface area contributed by atoms with Gasteiger partial charge in [0.15, 0.2) is 42.0 Å². The first-order valence-corrected chi connectivity index (χ1v) is 30.0. The van der Waals surface area contributed by atoms with Gasteiger partial charge < -0.3 is 57.6 Å². The van der Waals surface area contributed by atoms with Crippen LogP contribution in [0, 0.1) is 0 Å². The highest BCUT2D eigenvalue weighted by Gasteiger charge is 2.55. The van der Waals surface area contributed by atoms with Crippen LogP contribution in [0.4, 0.5) is 5.82 Å². The van der Waals surface area contributed by atoms with E-state index in [0.717, 1.165) is 10.6 Å². The lowest BCUT2D eigenvalue weighted by Crippen LogP contribution is -2.43. The number of aromatic nitrogens is 6. The van der Waals surface area contributed by atoms with Crippen LogP contribution >= 0.6 is 19.4 Å². The summed E-state index contributed by atoms with van der Waals surface area (Å²) in [4.78, 5) is 55.1. The number of aliphatic hydroxyl groups excluding tert-OH is 1. The van der Waals surface area contributed by atoms with Crippen molar-refractivity contribution >= 4 is 42.3 Å². The molecule has 0 radical (unpaired) electrons. The Labute approximate surface area is 502 Å². The molecule has 3 unspecified atom stereocenters. The highest BCUT2D eigenvalue weighted by atomic mass is 35.5. The molecule has 4 saturated heterocycles. The van der Waals surface area contributed by atoms with Crippen LogP contribution in [0.3, 0.4) is 0 Å². The van der Waals surface area contributed by atoms with Gasteiger partial charge in [0.05, 0.1) is 38.8 Å². The smallest absolute Gasteiger partial charge is 0.497 e.